The minimum absolute atomic E-state index is 0.145. The lowest BCUT2D eigenvalue weighted by Crippen LogP contribution is -2.26. The molecule has 0 aliphatic carbocycles. The summed E-state index contributed by atoms with van der Waals surface area (Å²) in [5, 5.41) is 3.14. The molecule has 0 aromatic heterocycles. The predicted octanol–water partition coefficient (Wildman–Crippen LogP) is 3.81. The molecule has 0 amide bonds. The van der Waals surface area contributed by atoms with E-state index in [4.69, 9.17) is 0 Å². The first kappa shape index (κ1) is 15.3. The van der Waals surface area contributed by atoms with Crippen molar-refractivity contribution < 1.29 is 4.39 Å². The molecule has 1 aliphatic heterocycles. The summed E-state index contributed by atoms with van der Waals surface area (Å²) in [5.41, 5.74) is 2.26. The van der Waals surface area contributed by atoms with Crippen LogP contribution in [0.15, 0.2) is 18.2 Å². The minimum atomic E-state index is -0.145. The SMILES string of the molecule is CNCc1cc(F)ccc1N1CCCC(C(C)C)CC1. The van der Waals surface area contributed by atoms with Gasteiger partial charge < -0.3 is 10.2 Å². The molecule has 3 heteroatoms. The molecule has 2 nitrogen and oxygen atoms in total. The van der Waals surface area contributed by atoms with Gasteiger partial charge in [0, 0.05) is 25.3 Å². The molecular formula is C17H27FN2. The van der Waals surface area contributed by atoms with E-state index in [-0.39, 0.29) is 5.82 Å². The normalized spacial score (nSPS) is 20.2. The van der Waals surface area contributed by atoms with E-state index >= 15 is 0 Å². The van der Waals surface area contributed by atoms with Gasteiger partial charge in [0.25, 0.3) is 0 Å². The maximum absolute atomic E-state index is 13.4. The van der Waals surface area contributed by atoms with Crippen LogP contribution in [-0.4, -0.2) is 20.1 Å². The van der Waals surface area contributed by atoms with Gasteiger partial charge in [-0.1, -0.05) is 13.8 Å². The monoisotopic (exact) mass is 278 g/mol. The van der Waals surface area contributed by atoms with Crippen LogP contribution >= 0.6 is 0 Å². The lowest BCUT2D eigenvalue weighted by molar-refractivity contribution is 0.351. The van der Waals surface area contributed by atoms with Crippen LogP contribution in [0.2, 0.25) is 0 Å². The van der Waals surface area contributed by atoms with Crippen LogP contribution in [0.1, 0.15) is 38.7 Å². The summed E-state index contributed by atoms with van der Waals surface area (Å²) in [6, 6.07) is 5.19. The largest absolute Gasteiger partial charge is 0.371 e. The smallest absolute Gasteiger partial charge is 0.123 e. The summed E-state index contributed by atoms with van der Waals surface area (Å²) in [7, 11) is 1.91. The summed E-state index contributed by atoms with van der Waals surface area (Å²) >= 11 is 0. The Morgan fingerprint density at radius 1 is 1.30 bits per heavy atom. The van der Waals surface area contributed by atoms with Crippen molar-refractivity contribution in [3.8, 4) is 0 Å². The second kappa shape index (κ2) is 7.07. The fourth-order valence-corrected chi connectivity index (χ4v) is 3.22. The lowest BCUT2D eigenvalue weighted by atomic mass is 9.89. The molecule has 1 fully saturated rings. The second-order valence-electron chi connectivity index (χ2n) is 6.23. The fourth-order valence-electron chi connectivity index (χ4n) is 3.22. The molecule has 0 radical (unpaired) electrons. The molecule has 0 spiro atoms. The molecule has 2 rings (SSSR count). The van der Waals surface area contributed by atoms with Crippen molar-refractivity contribution in [1.82, 2.24) is 5.32 Å². The van der Waals surface area contributed by atoms with E-state index in [0.717, 1.165) is 37.0 Å². The third-order valence-corrected chi connectivity index (χ3v) is 4.47. The first-order valence-electron chi connectivity index (χ1n) is 7.79. The number of hydrogen-bond donors (Lipinski definition) is 1. The molecule has 1 saturated heterocycles. The molecule has 1 aliphatic rings. The highest BCUT2D eigenvalue weighted by atomic mass is 19.1. The molecule has 112 valence electrons. The molecular weight excluding hydrogens is 251 g/mol. The molecule has 1 aromatic carbocycles. The number of halogens is 1. The van der Waals surface area contributed by atoms with Gasteiger partial charge in [-0.05, 0) is 61.9 Å². The van der Waals surface area contributed by atoms with E-state index in [1.807, 2.05) is 13.1 Å². The van der Waals surface area contributed by atoms with Crippen molar-refractivity contribution >= 4 is 5.69 Å². The zero-order chi connectivity index (χ0) is 14.5. The van der Waals surface area contributed by atoms with Gasteiger partial charge in [-0.25, -0.2) is 4.39 Å². The predicted molar refractivity (Wildman–Crippen MR) is 83.6 cm³/mol. The number of benzene rings is 1. The Labute approximate surface area is 122 Å². The van der Waals surface area contributed by atoms with Gasteiger partial charge in [-0.2, -0.15) is 0 Å². The Bertz CT molecular complexity index is 431. The van der Waals surface area contributed by atoms with E-state index in [1.165, 1.54) is 24.9 Å². The molecule has 0 saturated carbocycles. The van der Waals surface area contributed by atoms with Gasteiger partial charge in [-0.15, -0.1) is 0 Å². The van der Waals surface area contributed by atoms with E-state index in [1.54, 1.807) is 12.1 Å². The highest BCUT2D eigenvalue weighted by Gasteiger charge is 2.21. The Morgan fingerprint density at radius 2 is 2.10 bits per heavy atom. The van der Waals surface area contributed by atoms with E-state index in [9.17, 15) is 4.39 Å². The lowest BCUT2D eigenvalue weighted by Gasteiger charge is -2.26. The van der Waals surface area contributed by atoms with Gasteiger partial charge in [0.1, 0.15) is 5.82 Å². The highest BCUT2D eigenvalue weighted by Crippen LogP contribution is 2.29. The van der Waals surface area contributed by atoms with Crippen molar-refractivity contribution in [1.29, 1.82) is 0 Å². The third kappa shape index (κ3) is 3.72. The van der Waals surface area contributed by atoms with Gasteiger partial charge in [0.05, 0.1) is 0 Å². The van der Waals surface area contributed by atoms with Crippen LogP contribution in [-0.2, 0) is 6.54 Å². The number of hydrogen-bond acceptors (Lipinski definition) is 2. The maximum Gasteiger partial charge on any atom is 0.123 e. The van der Waals surface area contributed by atoms with Crippen LogP contribution in [0.5, 0.6) is 0 Å². The topological polar surface area (TPSA) is 15.3 Å². The quantitative estimate of drug-likeness (QED) is 0.901. The second-order valence-corrected chi connectivity index (χ2v) is 6.23. The fraction of sp³-hybridized carbons (Fsp3) is 0.647. The Morgan fingerprint density at radius 3 is 2.80 bits per heavy atom. The number of rotatable bonds is 4. The molecule has 1 aromatic rings. The van der Waals surface area contributed by atoms with Crippen molar-refractivity contribution in [3.05, 3.63) is 29.6 Å². The van der Waals surface area contributed by atoms with Crippen LogP contribution in [0.3, 0.4) is 0 Å². The number of anilines is 1. The summed E-state index contributed by atoms with van der Waals surface area (Å²) in [5.74, 6) is 1.45. The van der Waals surface area contributed by atoms with Crippen molar-refractivity contribution in [2.75, 3.05) is 25.0 Å². The van der Waals surface area contributed by atoms with Crippen LogP contribution in [0.4, 0.5) is 10.1 Å². The zero-order valence-electron chi connectivity index (χ0n) is 13.0. The van der Waals surface area contributed by atoms with Crippen molar-refractivity contribution in [2.24, 2.45) is 11.8 Å². The molecule has 20 heavy (non-hydrogen) atoms. The van der Waals surface area contributed by atoms with Crippen molar-refractivity contribution in [3.63, 3.8) is 0 Å². The summed E-state index contributed by atoms with van der Waals surface area (Å²) in [6.45, 7) is 7.54. The van der Waals surface area contributed by atoms with Gasteiger partial charge in [-0.3, -0.25) is 0 Å². The summed E-state index contributed by atoms with van der Waals surface area (Å²) in [6.07, 6.45) is 3.80. The van der Waals surface area contributed by atoms with Crippen molar-refractivity contribution in [2.45, 2.75) is 39.7 Å². The standard InChI is InChI=1S/C17H27FN2/c1-13(2)14-5-4-9-20(10-8-14)17-7-6-16(18)11-15(17)12-19-3/h6-7,11,13-14,19H,4-5,8-10,12H2,1-3H3. The first-order valence-corrected chi connectivity index (χ1v) is 7.79. The van der Waals surface area contributed by atoms with Gasteiger partial charge in [0.15, 0.2) is 0 Å². The third-order valence-electron chi connectivity index (χ3n) is 4.47. The molecule has 0 bridgehead atoms. The summed E-state index contributed by atoms with van der Waals surface area (Å²) in [4.78, 5) is 2.44. The average molecular weight is 278 g/mol. The van der Waals surface area contributed by atoms with Crippen LogP contribution < -0.4 is 10.2 Å². The summed E-state index contributed by atoms with van der Waals surface area (Å²) < 4.78 is 13.4. The average Bonchev–Trinajstić information content (AvgIpc) is 2.65. The van der Waals surface area contributed by atoms with E-state index in [2.05, 4.69) is 24.1 Å². The van der Waals surface area contributed by atoms with Crippen LogP contribution in [0, 0.1) is 17.7 Å². The molecule has 1 heterocycles. The zero-order valence-corrected chi connectivity index (χ0v) is 13.0. The van der Waals surface area contributed by atoms with Gasteiger partial charge in [0.2, 0.25) is 0 Å². The number of nitrogens with one attached hydrogen (secondary N) is 1. The van der Waals surface area contributed by atoms with Gasteiger partial charge >= 0.3 is 0 Å². The maximum atomic E-state index is 13.4. The first-order chi connectivity index (χ1) is 9.61. The Balaban J connectivity index is 2.14. The van der Waals surface area contributed by atoms with Crippen LogP contribution in [0.25, 0.3) is 0 Å². The highest BCUT2D eigenvalue weighted by molar-refractivity contribution is 5.54. The number of nitrogens with zero attached hydrogens (tertiary/aromatic N) is 1. The Kier molecular flexibility index (Phi) is 5.41. The molecule has 1 unspecified atom stereocenters. The molecule has 1 atom stereocenters. The Hall–Kier alpha value is -1.09. The minimum Gasteiger partial charge on any atom is -0.371 e. The van der Waals surface area contributed by atoms with E-state index in [0.29, 0.717) is 0 Å². The molecule has 1 N–H and O–H groups in total. The van der Waals surface area contributed by atoms with E-state index < -0.39 is 0 Å².